The van der Waals surface area contributed by atoms with Crippen LogP contribution in [-0.2, 0) is 10.0 Å². The van der Waals surface area contributed by atoms with E-state index in [0.29, 0.717) is 10.6 Å². The van der Waals surface area contributed by atoms with Crippen LogP contribution in [0.15, 0.2) is 73.4 Å². The third kappa shape index (κ3) is 3.56. The van der Waals surface area contributed by atoms with Crippen molar-refractivity contribution in [3.05, 3.63) is 60.0 Å². The van der Waals surface area contributed by atoms with Gasteiger partial charge in [0.25, 0.3) is 10.0 Å². The Labute approximate surface area is 162 Å². The Morgan fingerprint density at radius 2 is 1.92 bits per heavy atom. The van der Waals surface area contributed by atoms with Gasteiger partial charge in [0.05, 0.1) is 20.8 Å². The Hall–Kier alpha value is -2.07. The molecule has 0 spiro atoms. The number of thiazole rings is 1. The summed E-state index contributed by atoms with van der Waals surface area (Å²) in [4.78, 5) is 5.06. The minimum atomic E-state index is -3.63. The fraction of sp³-hybridized carbons (Fsp3) is 0. The summed E-state index contributed by atoms with van der Waals surface area (Å²) in [6, 6.07) is 15.6. The topological polar surface area (TPSA) is 79.3 Å². The number of fused-ring (bicyclic) bond motifs is 1. The van der Waals surface area contributed by atoms with E-state index in [1.54, 1.807) is 23.6 Å². The summed E-state index contributed by atoms with van der Waals surface area (Å²) in [6.07, 6.45) is 0. The summed E-state index contributed by atoms with van der Waals surface area (Å²) < 4.78 is 29.3. The molecule has 0 bridgehead atoms. The lowest BCUT2D eigenvalue weighted by Gasteiger charge is -2.09. The monoisotopic (exact) mass is 420 g/mol. The number of benzene rings is 2. The highest BCUT2D eigenvalue weighted by molar-refractivity contribution is 8.01. The highest BCUT2D eigenvalue weighted by Crippen LogP contribution is 2.39. The number of rotatable bonds is 5. The molecule has 0 atom stereocenters. The molecule has 0 radical (unpaired) electrons. The third-order valence-electron chi connectivity index (χ3n) is 3.44. The first-order valence-electron chi connectivity index (χ1n) is 7.44. The van der Waals surface area contributed by atoms with E-state index in [1.807, 2.05) is 24.3 Å². The van der Waals surface area contributed by atoms with Gasteiger partial charge in [0, 0.05) is 0 Å². The minimum Gasteiger partial charge on any atom is -0.507 e. The second-order valence-electron chi connectivity index (χ2n) is 5.27. The number of nitrogens with one attached hydrogen (secondary N) is 1. The molecule has 2 aromatic carbocycles. The summed E-state index contributed by atoms with van der Waals surface area (Å²) in [5.74, 6) is 0.0772. The first kappa shape index (κ1) is 17.3. The van der Waals surface area contributed by atoms with Crippen molar-refractivity contribution in [2.75, 3.05) is 4.72 Å². The van der Waals surface area contributed by atoms with E-state index >= 15 is 0 Å². The fourth-order valence-electron chi connectivity index (χ4n) is 2.27. The number of nitrogens with zero attached hydrogens (tertiary/aromatic N) is 1. The van der Waals surface area contributed by atoms with Gasteiger partial charge in [-0.3, -0.25) is 4.72 Å². The van der Waals surface area contributed by atoms with Crippen LogP contribution in [0.3, 0.4) is 0 Å². The van der Waals surface area contributed by atoms with E-state index in [-0.39, 0.29) is 9.96 Å². The fourth-order valence-corrected chi connectivity index (χ4v) is 6.41. The number of anilines is 1. The van der Waals surface area contributed by atoms with Crippen LogP contribution in [0.2, 0.25) is 0 Å². The second kappa shape index (κ2) is 6.92. The van der Waals surface area contributed by atoms with Crippen molar-refractivity contribution in [3.8, 4) is 5.75 Å². The SMILES string of the molecule is O=S(=O)(Nc1ccc(O)c(Sc2nc3ccccc3s2)c1)c1cccs1. The number of aromatic nitrogens is 1. The number of phenols is 1. The molecule has 0 aliphatic carbocycles. The summed E-state index contributed by atoms with van der Waals surface area (Å²) in [7, 11) is -3.63. The molecule has 0 amide bonds. The van der Waals surface area contributed by atoms with E-state index in [2.05, 4.69) is 9.71 Å². The van der Waals surface area contributed by atoms with Crippen molar-refractivity contribution in [3.63, 3.8) is 0 Å². The minimum absolute atomic E-state index is 0.0772. The molecule has 0 aliphatic rings. The van der Waals surface area contributed by atoms with Crippen molar-refractivity contribution in [2.45, 2.75) is 13.4 Å². The number of para-hydroxylation sites is 1. The van der Waals surface area contributed by atoms with Crippen molar-refractivity contribution in [1.29, 1.82) is 0 Å². The van der Waals surface area contributed by atoms with E-state index in [9.17, 15) is 13.5 Å². The first-order valence-corrected chi connectivity index (χ1v) is 11.4. The van der Waals surface area contributed by atoms with E-state index in [0.717, 1.165) is 25.9 Å². The predicted molar refractivity (Wildman–Crippen MR) is 107 cm³/mol. The lowest BCUT2D eigenvalue weighted by molar-refractivity contribution is 0.462. The van der Waals surface area contributed by atoms with Crippen LogP contribution < -0.4 is 4.72 Å². The molecule has 4 aromatic rings. The van der Waals surface area contributed by atoms with E-state index in [4.69, 9.17) is 0 Å². The van der Waals surface area contributed by atoms with Gasteiger partial charge in [-0.2, -0.15) is 0 Å². The average molecular weight is 421 g/mol. The van der Waals surface area contributed by atoms with Crippen molar-refractivity contribution in [2.24, 2.45) is 0 Å². The Morgan fingerprint density at radius 3 is 2.69 bits per heavy atom. The maximum atomic E-state index is 12.4. The average Bonchev–Trinajstić information content (AvgIpc) is 3.27. The summed E-state index contributed by atoms with van der Waals surface area (Å²) >= 11 is 3.97. The Kier molecular flexibility index (Phi) is 4.62. The summed E-state index contributed by atoms with van der Waals surface area (Å²) in [5, 5.41) is 11.8. The quantitative estimate of drug-likeness (QED) is 0.444. The normalized spacial score (nSPS) is 11.7. The Morgan fingerprint density at radius 1 is 1.08 bits per heavy atom. The lowest BCUT2D eigenvalue weighted by atomic mass is 10.3. The van der Waals surface area contributed by atoms with Crippen molar-refractivity contribution < 1.29 is 13.5 Å². The number of hydrogen-bond donors (Lipinski definition) is 2. The largest absolute Gasteiger partial charge is 0.507 e. The van der Waals surface area contributed by atoms with Crippen LogP contribution in [0.5, 0.6) is 5.75 Å². The van der Waals surface area contributed by atoms with Crippen LogP contribution in [0, 0.1) is 0 Å². The molecule has 0 unspecified atom stereocenters. The zero-order chi connectivity index (χ0) is 18.1. The molecule has 26 heavy (non-hydrogen) atoms. The van der Waals surface area contributed by atoms with Gasteiger partial charge in [0.1, 0.15) is 9.96 Å². The number of aromatic hydroxyl groups is 1. The van der Waals surface area contributed by atoms with Crippen LogP contribution in [-0.4, -0.2) is 18.5 Å². The molecule has 9 heteroatoms. The number of hydrogen-bond acceptors (Lipinski definition) is 7. The highest BCUT2D eigenvalue weighted by Gasteiger charge is 2.16. The molecule has 0 aliphatic heterocycles. The number of sulfonamides is 1. The maximum absolute atomic E-state index is 12.4. The van der Waals surface area contributed by atoms with Crippen LogP contribution in [0.4, 0.5) is 5.69 Å². The standard InChI is InChI=1S/C17H12N2O3S4/c20-13-8-7-11(19-26(21,22)16-6-3-9-23-16)10-15(13)25-17-18-12-4-1-2-5-14(12)24-17/h1-10,19-20H. The van der Waals surface area contributed by atoms with E-state index < -0.39 is 10.0 Å². The van der Waals surface area contributed by atoms with Crippen molar-refractivity contribution in [1.82, 2.24) is 4.98 Å². The van der Waals surface area contributed by atoms with Gasteiger partial charge < -0.3 is 5.11 Å². The van der Waals surface area contributed by atoms with Crippen molar-refractivity contribution >= 4 is 60.4 Å². The molecule has 2 heterocycles. The van der Waals surface area contributed by atoms with Gasteiger partial charge in [0.2, 0.25) is 0 Å². The Balaban J connectivity index is 1.62. The zero-order valence-corrected chi connectivity index (χ0v) is 16.4. The van der Waals surface area contributed by atoms with Crippen LogP contribution in [0.25, 0.3) is 10.2 Å². The third-order valence-corrected chi connectivity index (χ3v) is 8.37. The predicted octanol–water partition coefficient (Wildman–Crippen LogP) is 5.02. The van der Waals surface area contributed by atoms with Gasteiger partial charge in [0.15, 0.2) is 4.34 Å². The summed E-state index contributed by atoms with van der Waals surface area (Å²) in [6.45, 7) is 0. The highest BCUT2D eigenvalue weighted by atomic mass is 32.2. The second-order valence-corrected chi connectivity index (χ2v) is 10.4. The van der Waals surface area contributed by atoms with Gasteiger partial charge in [-0.25, -0.2) is 13.4 Å². The van der Waals surface area contributed by atoms with Gasteiger partial charge in [-0.15, -0.1) is 22.7 Å². The smallest absolute Gasteiger partial charge is 0.271 e. The maximum Gasteiger partial charge on any atom is 0.271 e. The zero-order valence-electron chi connectivity index (χ0n) is 13.1. The molecule has 0 saturated heterocycles. The van der Waals surface area contributed by atoms with E-state index in [1.165, 1.54) is 35.2 Å². The summed E-state index contributed by atoms with van der Waals surface area (Å²) in [5.41, 5.74) is 1.29. The lowest BCUT2D eigenvalue weighted by Crippen LogP contribution is -2.11. The first-order chi connectivity index (χ1) is 12.5. The molecule has 0 saturated carbocycles. The molecule has 2 N–H and O–H groups in total. The molecule has 132 valence electrons. The number of thiophene rings is 1. The van der Waals surface area contributed by atoms with Crippen LogP contribution >= 0.6 is 34.4 Å². The van der Waals surface area contributed by atoms with Gasteiger partial charge >= 0.3 is 0 Å². The molecule has 2 aromatic heterocycles. The molecule has 5 nitrogen and oxygen atoms in total. The molecular weight excluding hydrogens is 408 g/mol. The van der Waals surface area contributed by atoms with Crippen LogP contribution in [0.1, 0.15) is 0 Å². The molecule has 4 rings (SSSR count). The molecule has 0 fully saturated rings. The number of phenolic OH excluding ortho intramolecular Hbond substituents is 1. The Bertz CT molecular complexity index is 1130. The van der Waals surface area contributed by atoms with Gasteiger partial charge in [-0.05, 0) is 41.8 Å². The molecular formula is C17H12N2O3S4. The van der Waals surface area contributed by atoms with Gasteiger partial charge in [-0.1, -0.05) is 30.0 Å².